The minimum absolute atomic E-state index is 0.0215. The number of rotatable bonds is 3. The number of thiocarbonyl (C=S) groups is 1. The smallest absolute Gasteiger partial charge is 0.270 e. The topological polar surface area (TPSA) is 63.6 Å². The number of nitrogens with one attached hydrogen (secondary N) is 1. The first-order valence-corrected chi connectivity index (χ1v) is 7.59. The van der Waals surface area contributed by atoms with E-state index in [1.807, 2.05) is 29.9 Å². The van der Waals surface area contributed by atoms with E-state index in [-0.39, 0.29) is 10.7 Å². The second-order valence-corrected chi connectivity index (χ2v) is 5.59. The quantitative estimate of drug-likeness (QED) is 0.526. The Hall–Kier alpha value is -2.93. The van der Waals surface area contributed by atoms with Crippen LogP contribution in [-0.2, 0) is 16.6 Å². The van der Waals surface area contributed by atoms with Gasteiger partial charge in [0.25, 0.3) is 11.8 Å². The number of hydrogen-bond donors (Lipinski definition) is 1. The summed E-state index contributed by atoms with van der Waals surface area (Å²) in [7, 11) is 3.38. The van der Waals surface area contributed by atoms with Crippen LogP contribution < -0.4 is 15.0 Å². The van der Waals surface area contributed by atoms with Crippen molar-refractivity contribution in [3.8, 4) is 5.75 Å². The van der Waals surface area contributed by atoms with Gasteiger partial charge < -0.3 is 9.30 Å². The lowest BCUT2D eigenvalue weighted by Crippen LogP contribution is -2.54. The highest BCUT2D eigenvalue weighted by atomic mass is 32.1. The van der Waals surface area contributed by atoms with Gasteiger partial charge in [0.2, 0.25) is 0 Å². The van der Waals surface area contributed by atoms with Crippen LogP contribution in [-0.4, -0.2) is 28.6 Å². The highest BCUT2D eigenvalue weighted by Gasteiger charge is 2.34. The maximum absolute atomic E-state index is 12.8. The molecular formula is C17H15N3O3S. The van der Waals surface area contributed by atoms with E-state index in [0.29, 0.717) is 11.4 Å². The number of anilines is 1. The number of hydrogen-bond acceptors (Lipinski definition) is 4. The Labute approximate surface area is 144 Å². The highest BCUT2D eigenvalue weighted by Crippen LogP contribution is 2.25. The number of aryl methyl sites for hydroxylation is 1. The van der Waals surface area contributed by atoms with Crippen molar-refractivity contribution in [2.45, 2.75) is 0 Å². The molecule has 0 atom stereocenters. The fraction of sp³-hybridized carbons (Fsp3) is 0.118. The number of nitrogens with zero attached hydrogens (tertiary/aromatic N) is 2. The van der Waals surface area contributed by atoms with Crippen LogP contribution in [0.1, 0.15) is 5.69 Å². The number of benzene rings is 1. The molecule has 1 aromatic carbocycles. The molecule has 7 heteroatoms. The predicted molar refractivity (Wildman–Crippen MR) is 94.6 cm³/mol. The summed E-state index contributed by atoms with van der Waals surface area (Å²) in [5.41, 5.74) is 1.29. The molecule has 1 saturated heterocycles. The standard InChI is InChI=1S/C17H15N3O3S/c1-19-8-4-6-11(19)10-14-15(21)18-17(24)20(16(14)22)12-5-3-7-13(9-12)23-2/h3-10H,1-2H3,(H,18,21,24). The van der Waals surface area contributed by atoms with E-state index in [4.69, 9.17) is 17.0 Å². The molecule has 3 rings (SSSR count). The van der Waals surface area contributed by atoms with Crippen LogP contribution in [0.15, 0.2) is 48.2 Å². The van der Waals surface area contributed by atoms with Gasteiger partial charge in [-0.3, -0.25) is 19.8 Å². The molecule has 1 N–H and O–H groups in total. The molecule has 0 bridgehead atoms. The van der Waals surface area contributed by atoms with Gasteiger partial charge in [-0.15, -0.1) is 0 Å². The first kappa shape index (κ1) is 15.9. The van der Waals surface area contributed by atoms with Gasteiger partial charge in [-0.1, -0.05) is 6.07 Å². The lowest BCUT2D eigenvalue weighted by molar-refractivity contribution is -0.122. The molecule has 1 aliphatic rings. The molecule has 2 heterocycles. The Bertz CT molecular complexity index is 869. The van der Waals surface area contributed by atoms with E-state index in [1.54, 1.807) is 30.3 Å². The largest absolute Gasteiger partial charge is 0.497 e. The first-order valence-electron chi connectivity index (χ1n) is 7.18. The summed E-state index contributed by atoms with van der Waals surface area (Å²) in [6.07, 6.45) is 3.38. The van der Waals surface area contributed by atoms with Crippen molar-refractivity contribution in [3.05, 3.63) is 53.9 Å². The van der Waals surface area contributed by atoms with Crippen LogP contribution in [0.25, 0.3) is 6.08 Å². The van der Waals surface area contributed by atoms with Gasteiger partial charge in [-0.05, 0) is 42.6 Å². The summed E-state index contributed by atoms with van der Waals surface area (Å²) in [5, 5.41) is 2.60. The van der Waals surface area contributed by atoms with Crippen molar-refractivity contribution in [2.24, 2.45) is 7.05 Å². The molecule has 1 aliphatic heterocycles. The molecular weight excluding hydrogens is 326 g/mol. The van der Waals surface area contributed by atoms with E-state index < -0.39 is 11.8 Å². The Kier molecular flexibility index (Phi) is 4.18. The van der Waals surface area contributed by atoms with E-state index in [2.05, 4.69) is 5.32 Å². The van der Waals surface area contributed by atoms with Gasteiger partial charge in [0.15, 0.2) is 5.11 Å². The third-order valence-corrected chi connectivity index (χ3v) is 3.97. The lowest BCUT2D eigenvalue weighted by Gasteiger charge is -2.29. The number of methoxy groups -OCH3 is 1. The summed E-state index contributed by atoms with van der Waals surface area (Å²) in [6.45, 7) is 0. The molecule has 0 saturated carbocycles. The van der Waals surface area contributed by atoms with Crippen molar-refractivity contribution >= 4 is 40.9 Å². The van der Waals surface area contributed by atoms with Crippen LogP contribution in [0.3, 0.4) is 0 Å². The Morgan fingerprint density at radius 1 is 1.21 bits per heavy atom. The first-order chi connectivity index (χ1) is 11.5. The monoisotopic (exact) mass is 341 g/mol. The zero-order valence-electron chi connectivity index (χ0n) is 13.1. The maximum Gasteiger partial charge on any atom is 0.270 e. The Morgan fingerprint density at radius 3 is 2.67 bits per heavy atom. The second kappa shape index (κ2) is 6.29. The minimum atomic E-state index is -0.509. The van der Waals surface area contributed by atoms with E-state index >= 15 is 0 Å². The molecule has 1 aromatic heterocycles. The van der Waals surface area contributed by atoms with Crippen LogP contribution in [0.5, 0.6) is 5.75 Å². The lowest BCUT2D eigenvalue weighted by atomic mass is 10.1. The van der Waals surface area contributed by atoms with Gasteiger partial charge in [0, 0.05) is 25.0 Å². The van der Waals surface area contributed by atoms with Crippen LogP contribution in [0.4, 0.5) is 5.69 Å². The SMILES string of the molecule is COc1cccc(N2C(=O)C(=Cc3cccn3C)C(=O)NC2=S)c1. The molecule has 0 radical (unpaired) electrons. The normalized spacial score (nSPS) is 16.5. The summed E-state index contributed by atoms with van der Waals surface area (Å²) in [4.78, 5) is 26.3. The fourth-order valence-corrected chi connectivity index (χ4v) is 2.69. The van der Waals surface area contributed by atoms with Gasteiger partial charge in [0.1, 0.15) is 11.3 Å². The Balaban J connectivity index is 2.03. The molecule has 0 unspecified atom stereocenters. The van der Waals surface area contributed by atoms with E-state index in [0.717, 1.165) is 5.69 Å². The predicted octanol–water partition coefficient (Wildman–Crippen LogP) is 1.86. The molecule has 0 spiro atoms. The van der Waals surface area contributed by atoms with Crippen LogP contribution >= 0.6 is 12.2 Å². The van der Waals surface area contributed by atoms with Crippen molar-refractivity contribution in [3.63, 3.8) is 0 Å². The molecule has 2 aromatic rings. The Morgan fingerprint density at radius 2 is 2.00 bits per heavy atom. The average Bonchev–Trinajstić information content (AvgIpc) is 2.96. The van der Waals surface area contributed by atoms with Crippen LogP contribution in [0.2, 0.25) is 0 Å². The average molecular weight is 341 g/mol. The second-order valence-electron chi connectivity index (χ2n) is 5.20. The number of ether oxygens (including phenoxy) is 1. The molecule has 0 aliphatic carbocycles. The van der Waals surface area contributed by atoms with Crippen molar-refractivity contribution in [2.75, 3.05) is 12.0 Å². The van der Waals surface area contributed by atoms with Gasteiger partial charge >= 0.3 is 0 Å². The van der Waals surface area contributed by atoms with Crippen LogP contribution in [0, 0.1) is 0 Å². The molecule has 122 valence electrons. The van der Waals surface area contributed by atoms with Crippen molar-refractivity contribution in [1.82, 2.24) is 9.88 Å². The molecule has 24 heavy (non-hydrogen) atoms. The molecule has 2 amide bonds. The fourth-order valence-electron chi connectivity index (χ4n) is 2.41. The van der Waals surface area contributed by atoms with Crippen molar-refractivity contribution < 1.29 is 14.3 Å². The number of carbonyl (C=O) groups excluding carboxylic acids is 2. The van der Waals surface area contributed by atoms with Gasteiger partial charge in [-0.25, -0.2) is 0 Å². The minimum Gasteiger partial charge on any atom is -0.497 e. The number of aromatic nitrogens is 1. The summed E-state index contributed by atoms with van der Waals surface area (Å²) in [6, 6.07) is 10.6. The zero-order chi connectivity index (χ0) is 17.3. The van der Waals surface area contributed by atoms with E-state index in [1.165, 1.54) is 12.0 Å². The highest BCUT2D eigenvalue weighted by molar-refractivity contribution is 7.80. The van der Waals surface area contributed by atoms with E-state index in [9.17, 15) is 9.59 Å². The summed E-state index contributed by atoms with van der Waals surface area (Å²) >= 11 is 5.17. The number of carbonyl (C=O) groups is 2. The molecule has 6 nitrogen and oxygen atoms in total. The van der Waals surface area contributed by atoms with Gasteiger partial charge in [0.05, 0.1) is 12.8 Å². The zero-order valence-corrected chi connectivity index (χ0v) is 14.0. The summed E-state index contributed by atoms with van der Waals surface area (Å²) < 4.78 is 6.99. The third-order valence-electron chi connectivity index (χ3n) is 3.69. The maximum atomic E-state index is 12.8. The van der Waals surface area contributed by atoms with Gasteiger partial charge in [-0.2, -0.15) is 0 Å². The van der Waals surface area contributed by atoms with Crippen molar-refractivity contribution in [1.29, 1.82) is 0 Å². The molecule has 1 fully saturated rings. The third kappa shape index (κ3) is 2.81. The number of amides is 2. The summed E-state index contributed by atoms with van der Waals surface area (Å²) in [5.74, 6) is -0.392.